The smallest absolute Gasteiger partial charge is 0.0717 e. The van der Waals surface area contributed by atoms with Gasteiger partial charge in [0, 0.05) is 23.0 Å². The van der Waals surface area contributed by atoms with Crippen LogP contribution in [0.1, 0.15) is 10.4 Å². The predicted octanol–water partition coefficient (Wildman–Crippen LogP) is 3.75. The fourth-order valence-electron chi connectivity index (χ4n) is 1.71. The molecule has 0 atom stereocenters. The van der Waals surface area contributed by atoms with Gasteiger partial charge >= 0.3 is 0 Å². The molecule has 102 valence electrons. The maximum Gasteiger partial charge on any atom is 0.0717 e. The molecular weight excluding hydrogens is 278 g/mol. The predicted molar refractivity (Wildman–Crippen MR) is 82.0 cm³/mol. The van der Waals surface area contributed by atoms with E-state index in [-0.39, 0.29) is 0 Å². The minimum absolute atomic E-state index is 0.643. The third-order valence-corrected chi connectivity index (χ3v) is 3.92. The van der Waals surface area contributed by atoms with Crippen molar-refractivity contribution in [2.75, 3.05) is 19.7 Å². The first-order chi connectivity index (χ1) is 9.34. The number of benzene rings is 1. The Morgan fingerprint density at radius 2 is 1.95 bits per heavy atom. The Kier molecular flexibility index (Phi) is 6.37. The van der Waals surface area contributed by atoms with Crippen LogP contribution in [-0.2, 0) is 17.8 Å². The summed E-state index contributed by atoms with van der Waals surface area (Å²) >= 11 is 7.63. The molecule has 0 aliphatic heterocycles. The summed E-state index contributed by atoms with van der Waals surface area (Å²) in [5.41, 5.74) is 1.16. The highest BCUT2D eigenvalue weighted by atomic mass is 35.5. The fourth-order valence-corrected chi connectivity index (χ4v) is 2.54. The zero-order chi connectivity index (χ0) is 13.3. The summed E-state index contributed by atoms with van der Waals surface area (Å²) in [4.78, 5) is 1.43. The Bertz CT molecular complexity index is 456. The average Bonchev–Trinajstić information content (AvgIpc) is 2.93. The van der Waals surface area contributed by atoms with Crippen molar-refractivity contribution >= 4 is 22.9 Å². The van der Waals surface area contributed by atoms with Crippen LogP contribution in [0.15, 0.2) is 41.8 Å². The number of ether oxygens (including phenoxy) is 1. The van der Waals surface area contributed by atoms with Crippen LogP contribution in [0.25, 0.3) is 0 Å². The Labute approximate surface area is 123 Å². The van der Waals surface area contributed by atoms with Gasteiger partial charge in [0.15, 0.2) is 0 Å². The molecule has 0 aliphatic rings. The van der Waals surface area contributed by atoms with Crippen LogP contribution in [0.3, 0.4) is 0 Å². The highest BCUT2D eigenvalue weighted by Crippen LogP contribution is 2.10. The molecule has 0 saturated heterocycles. The first-order valence-electron chi connectivity index (χ1n) is 6.40. The van der Waals surface area contributed by atoms with E-state index in [1.165, 1.54) is 4.88 Å². The zero-order valence-corrected chi connectivity index (χ0v) is 12.3. The zero-order valence-electron chi connectivity index (χ0n) is 10.8. The number of hydrogen-bond donors (Lipinski definition) is 1. The molecule has 1 aromatic heterocycles. The topological polar surface area (TPSA) is 21.3 Å². The van der Waals surface area contributed by atoms with Crippen LogP contribution in [0.4, 0.5) is 0 Å². The largest absolute Gasteiger partial charge is 0.375 e. The van der Waals surface area contributed by atoms with Crippen LogP contribution >= 0.6 is 22.9 Å². The third-order valence-electron chi connectivity index (χ3n) is 2.73. The van der Waals surface area contributed by atoms with Gasteiger partial charge in [-0.25, -0.2) is 0 Å². The summed E-state index contributed by atoms with van der Waals surface area (Å²) in [6, 6.07) is 12.0. The van der Waals surface area contributed by atoms with Gasteiger partial charge in [0.2, 0.25) is 0 Å². The maximum atomic E-state index is 5.82. The number of halogens is 1. The first-order valence-corrected chi connectivity index (χ1v) is 7.65. The van der Waals surface area contributed by atoms with Gasteiger partial charge in [-0.3, -0.25) is 0 Å². The summed E-state index contributed by atoms with van der Waals surface area (Å²) in [6.07, 6.45) is 1.09. The molecule has 2 aromatic rings. The normalized spacial score (nSPS) is 10.8. The Balaban J connectivity index is 1.49. The van der Waals surface area contributed by atoms with Gasteiger partial charge in [0.05, 0.1) is 13.2 Å². The average molecular weight is 296 g/mol. The lowest BCUT2D eigenvalue weighted by Crippen LogP contribution is -2.21. The van der Waals surface area contributed by atoms with E-state index in [2.05, 4.69) is 22.8 Å². The number of rotatable bonds is 8. The molecule has 0 aliphatic carbocycles. The second-order valence-electron chi connectivity index (χ2n) is 4.26. The maximum absolute atomic E-state index is 5.82. The molecule has 0 fully saturated rings. The highest BCUT2D eigenvalue weighted by molar-refractivity contribution is 7.09. The summed E-state index contributed by atoms with van der Waals surface area (Å²) in [5.74, 6) is 0. The van der Waals surface area contributed by atoms with Crippen molar-refractivity contribution in [1.82, 2.24) is 5.32 Å². The summed E-state index contributed by atoms with van der Waals surface area (Å²) in [5, 5.41) is 6.26. The molecule has 0 spiro atoms. The van der Waals surface area contributed by atoms with Crippen molar-refractivity contribution in [2.45, 2.75) is 13.0 Å². The van der Waals surface area contributed by atoms with E-state index in [0.717, 1.165) is 36.7 Å². The molecule has 19 heavy (non-hydrogen) atoms. The van der Waals surface area contributed by atoms with Crippen LogP contribution < -0.4 is 5.32 Å². The second-order valence-corrected chi connectivity index (χ2v) is 5.73. The monoisotopic (exact) mass is 295 g/mol. The van der Waals surface area contributed by atoms with Gasteiger partial charge in [0.1, 0.15) is 0 Å². The fraction of sp³-hybridized carbons (Fsp3) is 0.333. The number of nitrogens with one attached hydrogen (secondary N) is 1. The second kappa shape index (κ2) is 8.33. The molecule has 0 amide bonds. The lowest BCUT2D eigenvalue weighted by atomic mass is 10.2. The van der Waals surface area contributed by atoms with Crippen molar-refractivity contribution in [2.24, 2.45) is 0 Å². The van der Waals surface area contributed by atoms with E-state index in [1.807, 2.05) is 35.6 Å². The minimum atomic E-state index is 0.643. The van der Waals surface area contributed by atoms with Crippen molar-refractivity contribution in [3.05, 3.63) is 57.2 Å². The quantitative estimate of drug-likeness (QED) is 0.749. The summed E-state index contributed by atoms with van der Waals surface area (Å²) in [6.45, 7) is 3.26. The molecule has 4 heteroatoms. The Hall–Kier alpha value is -0.870. The van der Waals surface area contributed by atoms with E-state index >= 15 is 0 Å². The Morgan fingerprint density at radius 3 is 2.68 bits per heavy atom. The van der Waals surface area contributed by atoms with Gasteiger partial charge in [0.25, 0.3) is 0 Å². The summed E-state index contributed by atoms with van der Waals surface area (Å²) < 4.78 is 5.59. The first kappa shape index (κ1) is 14.5. The molecule has 1 aromatic carbocycles. The number of thiophene rings is 1. The lowest BCUT2D eigenvalue weighted by molar-refractivity contribution is 0.123. The molecule has 1 heterocycles. The van der Waals surface area contributed by atoms with E-state index in [4.69, 9.17) is 16.3 Å². The SMILES string of the molecule is Clc1ccc(COCCNCCc2cccs2)cc1. The van der Waals surface area contributed by atoms with Crippen molar-refractivity contribution in [3.8, 4) is 0 Å². The van der Waals surface area contributed by atoms with Gasteiger partial charge in [-0.2, -0.15) is 0 Å². The van der Waals surface area contributed by atoms with Crippen LogP contribution in [0, 0.1) is 0 Å². The molecule has 0 radical (unpaired) electrons. The molecule has 2 rings (SSSR count). The van der Waals surface area contributed by atoms with E-state index < -0.39 is 0 Å². The van der Waals surface area contributed by atoms with E-state index in [1.54, 1.807) is 0 Å². The summed E-state index contributed by atoms with van der Waals surface area (Å²) in [7, 11) is 0. The van der Waals surface area contributed by atoms with Crippen LogP contribution in [0.5, 0.6) is 0 Å². The lowest BCUT2D eigenvalue weighted by Gasteiger charge is -2.06. The molecule has 1 N–H and O–H groups in total. The molecule has 0 bridgehead atoms. The standard InChI is InChI=1S/C15H18ClNOS/c16-14-5-3-13(4-6-14)12-18-10-9-17-8-7-15-2-1-11-19-15/h1-6,11,17H,7-10,12H2. The van der Waals surface area contributed by atoms with Crippen molar-refractivity contribution < 1.29 is 4.74 Å². The van der Waals surface area contributed by atoms with Crippen molar-refractivity contribution in [1.29, 1.82) is 0 Å². The third kappa shape index (κ3) is 5.74. The highest BCUT2D eigenvalue weighted by Gasteiger charge is 1.95. The number of hydrogen-bond acceptors (Lipinski definition) is 3. The Morgan fingerprint density at radius 1 is 1.11 bits per heavy atom. The van der Waals surface area contributed by atoms with Crippen molar-refractivity contribution in [3.63, 3.8) is 0 Å². The van der Waals surface area contributed by atoms with Crippen LogP contribution in [0.2, 0.25) is 5.02 Å². The molecular formula is C15H18ClNOS. The van der Waals surface area contributed by atoms with Crippen LogP contribution in [-0.4, -0.2) is 19.7 Å². The van der Waals surface area contributed by atoms with Gasteiger partial charge in [-0.05, 0) is 35.6 Å². The van der Waals surface area contributed by atoms with Gasteiger partial charge in [-0.15, -0.1) is 11.3 Å². The van der Waals surface area contributed by atoms with E-state index in [9.17, 15) is 0 Å². The molecule has 0 unspecified atom stereocenters. The molecule has 2 nitrogen and oxygen atoms in total. The van der Waals surface area contributed by atoms with Gasteiger partial charge < -0.3 is 10.1 Å². The van der Waals surface area contributed by atoms with Gasteiger partial charge in [-0.1, -0.05) is 29.8 Å². The molecule has 0 saturated carbocycles. The minimum Gasteiger partial charge on any atom is -0.375 e. The van der Waals surface area contributed by atoms with E-state index in [0.29, 0.717) is 6.61 Å².